The summed E-state index contributed by atoms with van der Waals surface area (Å²) >= 11 is 6.30. The van der Waals surface area contributed by atoms with E-state index < -0.39 is 0 Å². The van der Waals surface area contributed by atoms with Gasteiger partial charge in [0.1, 0.15) is 5.75 Å². The van der Waals surface area contributed by atoms with Crippen LogP contribution >= 0.6 is 11.6 Å². The molecule has 5 nitrogen and oxygen atoms in total. The SMILES string of the molecule is COc1ccc([C@@H]2Oc3ccc(Cl)cc3[C@@H]3CC(c4ccccc4)=NN32)cc1OC. The average molecular weight is 421 g/mol. The van der Waals surface area contributed by atoms with Crippen LogP contribution in [0.2, 0.25) is 5.02 Å². The Hall–Kier alpha value is -3.18. The van der Waals surface area contributed by atoms with Crippen LogP contribution in [0.15, 0.2) is 71.8 Å². The molecule has 3 aromatic rings. The van der Waals surface area contributed by atoms with E-state index in [2.05, 4.69) is 12.1 Å². The van der Waals surface area contributed by atoms with Crippen LogP contribution in [-0.4, -0.2) is 24.9 Å². The molecule has 2 heterocycles. The lowest BCUT2D eigenvalue weighted by Crippen LogP contribution is -2.33. The van der Waals surface area contributed by atoms with Gasteiger partial charge in [0.2, 0.25) is 6.23 Å². The standard InChI is InChI=1S/C24H21ClN2O3/c1-28-22-10-8-16(12-23(22)29-2)24-27-20(18-13-17(25)9-11-21(18)30-24)14-19(26-27)15-6-4-3-5-7-15/h3-13,20,24H,14H2,1-2H3/t20-,24-/m0/s1. The molecule has 0 spiro atoms. The van der Waals surface area contributed by atoms with Crippen LogP contribution < -0.4 is 14.2 Å². The highest BCUT2D eigenvalue weighted by molar-refractivity contribution is 6.30. The van der Waals surface area contributed by atoms with Crippen LogP contribution in [0.5, 0.6) is 17.2 Å². The van der Waals surface area contributed by atoms with Crippen LogP contribution in [0.3, 0.4) is 0 Å². The zero-order valence-corrected chi connectivity index (χ0v) is 17.5. The Morgan fingerprint density at radius 2 is 1.77 bits per heavy atom. The molecular formula is C24H21ClN2O3. The van der Waals surface area contributed by atoms with Gasteiger partial charge in [-0.1, -0.05) is 41.9 Å². The highest BCUT2D eigenvalue weighted by atomic mass is 35.5. The zero-order valence-electron chi connectivity index (χ0n) is 16.7. The van der Waals surface area contributed by atoms with Crippen molar-refractivity contribution in [1.82, 2.24) is 5.01 Å². The molecule has 2 aliphatic rings. The summed E-state index contributed by atoms with van der Waals surface area (Å²) < 4.78 is 17.3. The zero-order chi connectivity index (χ0) is 20.7. The van der Waals surface area contributed by atoms with Crippen LogP contribution in [0.25, 0.3) is 0 Å². The topological polar surface area (TPSA) is 43.3 Å². The van der Waals surface area contributed by atoms with Crippen molar-refractivity contribution in [1.29, 1.82) is 0 Å². The molecule has 30 heavy (non-hydrogen) atoms. The van der Waals surface area contributed by atoms with Gasteiger partial charge in [0, 0.05) is 22.6 Å². The Morgan fingerprint density at radius 1 is 0.967 bits per heavy atom. The fourth-order valence-electron chi connectivity index (χ4n) is 4.09. The van der Waals surface area contributed by atoms with Crippen molar-refractivity contribution in [3.05, 3.63) is 88.4 Å². The summed E-state index contributed by atoms with van der Waals surface area (Å²) in [6.07, 6.45) is 0.398. The van der Waals surface area contributed by atoms with E-state index in [0.29, 0.717) is 16.5 Å². The number of benzene rings is 3. The number of halogens is 1. The summed E-state index contributed by atoms with van der Waals surface area (Å²) in [6.45, 7) is 0. The summed E-state index contributed by atoms with van der Waals surface area (Å²) in [7, 11) is 3.26. The number of nitrogens with zero attached hydrogens (tertiary/aromatic N) is 2. The molecule has 0 N–H and O–H groups in total. The monoisotopic (exact) mass is 420 g/mol. The second kappa shape index (κ2) is 7.58. The summed E-state index contributed by atoms with van der Waals surface area (Å²) in [6, 6.07) is 21.9. The highest BCUT2D eigenvalue weighted by Crippen LogP contribution is 2.48. The maximum atomic E-state index is 6.41. The molecule has 2 atom stereocenters. The van der Waals surface area contributed by atoms with Crippen LogP contribution in [0.1, 0.15) is 35.4 Å². The van der Waals surface area contributed by atoms with Gasteiger partial charge in [-0.15, -0.1) is 0 Å². The molecule has 0 fully saturated rings. The smallest absolute Gasteiger partial charge is 0.214 e. The Morgan fingerprint density at radius 3 is 2.53 bits per heavy atom. The maximum absolute atomic E-state index is 6.41. The molecule has 0 unspecified atom stereocenters. The third kappa shape index (κ3) is 3.15. The minimum absolute atomic E-state index is 0.0424. The molecule has 0 radical (unpaired) electrons. The Bertz CT molecular complexity index is 1120. The number of methoxy groups -OCH3 is 2. The number of hydrogen-bond acceptors (Lipinski definition) is 5. The molecule has 0 saturated heterocycles. The Balaban J connectivity index is 1.60. The van der Waals surface area contributed by atoms with Gasteiger partial charge in [0.25, 0.3) is 0 Å². The molecule has 0 bridgehead atoms. The summed E-state index contributed by atoms with van der Waals surface area (Å²) in [5, 5.41) is 7.69. The third-order valence-corrected chi connectivity index (χ3v) is 5.79. The summed E-state index contributed by atoms with van der Waals surface area (Å²) in [4.78, 5) is 0. The third-order valence-electron chi connectivity index (χ3n) is 5.55. The predicted octanol–water partition coefficient (Wildman–Crippen LogP) is 5.60. The van der Waals surface area contributed by atoms with Crippen molar-refractivity contribution in [2.45, 2.75) is 18.7 Å². The summed E-state index contributed by atoms with van der Waals surface area (Å²) in [5.74, 6) is 2.16. The van der Waals surface area contributed by atoms with E-state index >= 15 is 0 Å². The molecule has 0 aliphatic carbocycles. The van der Waals surface area contributed by atoms with Crippen molar-refractivity contribution in [2.75, 3.05) is 14.2 Å². The lowest BCUT2D eigenvalue weighted by atomic mass is 9.96. The fraction of sp³-hybridized carbons (Fsp3) is 0.208. The lowest BCUT2D eigenvalue weighted by Gasteiger charge is -2.38. The van der Waals surface area contributed by atoms with Crippen molar-refractivity contribution in [3.8, 4) is 17.2 Å². The largest absolute Gasteiger partial charge is 0.493 e. The molecule has 5 rings (SSSR count). The number of hydrogen-bond donors (Lipinski definition) is 0. The van der Waals surface area contributed by atoms with Crippen molar-refractivity contribution in [3.63, 3.8) is 0 Å². The van der Waals surface area contributed by atoms with Gasteiger partial charge in [-0.25, -0.2) is 5.01 Å². The van der Waals surface area contributed by atoms with Crippen molar-refractivity contribution < 1.29 is 14.2 Å². The summed E-state index contributed by atoms with van der Waals surface area (Å²) in [5.41, 5.74) is 4.13. The first-order valence-electron chi connectivity index (χ1n) is 9.77. The first-order valence-corrected chi connectivity index (χ1v) is 10.1. The van der Waals surface area contributed by atoms with Gasteiger partial charge in [-0.05, 0) is 42.0 Å². The average Bonchev–Trinajstić information content (AvgIpc) is 3.24. The first kappa shape index (κ1) is 18.8. The van der Waals surface area contributed by atoms with Gasteiger partial charge < -0.3 is 14.2 Å². The van der Waals surface area contributed by atoms with Gasteiger partial charge in [0.05, 0.1) is 26.0 Å². The minimum atomic E-state index is -0.385. The lowest BCUT2D eigenvalue weighted by molar-refractivity contribution is -0.0191. The van der Waals surface area contributed by atoms with E-state index in [1.807, 2.05) is 59.6 Å². The molecule has 152 valence electrons. The van der Waals surface area contributed by atoms with Crippen LogP contribution in [0, 0.1) is 0 Å². The number of hydrazone groups is 1. The van der Waals surface area contributed by atoms with Crippen LogP contribution in [-0.2, 0) is 0 Å². The molecule has 6 heteroatoms. The molecule has 0 amide bonds. The second-order valence-electron chi connectivity index (χ2n) is 7.28. The maximum Gasteiger partial charge on any atom is 0.214 e. The van der Waals surface area contributed by atoms with Crippen molar-refractivity contribution >= 4 is 17.3 Å². The Kier molecular flexibility index (Phi) is 4.75. The first-order chi connectivity index (χ1) is 14.7. The van der Waals surface area contributed by atoms with Crippen LogP contribution in [0.4, 0.5) is 0 Å². The predicted molar refractivity (Wildman–Crippen MR) is 117 cm³/mol. The van der Waals surface area contributed by atoms with E-state index in [0.717, 1.165) is 34.6 Å². The van der Waals surface area contributed by atoms with E-state index in [-0.39, 0.29) is 12.3 Å². The van der Waals surface area contributed by atoms with Gasteiger partial charge >= 0.3 is 0 Å². The normalized spacial score (nSPS) is 19.4. The second-order valence-corrected chi connectivity index (χ2v) is 7.72. The van der Waals surface area contributed by atoms with E-state index in [9.17, 15) is 0 Å². The van der Waals surface area contributed by atoms with Gasteiger partial charge in [-0.2, -0.15) is 5.10 Å². The van der Waals surface area contributed by atoms with Crippen molar-refractivity contribution in [2.24, 2.45) is 5.10 Å². The van der Waals surface area contributed by atoms with E-state index in [4.69, 9.17) is 30.9 Å². The van der Waals surface area contributed by atoms with Gasteiger partial charge in [0.15, 0.2) is 11.5 Å². The van der Waals surface area contributed by atoms with E-state index in [1.165, 1.54) is 0 Å². The molecule has 3 aromatic carbocycles. The fourth-order valence-corrected chi connectivity index (χ4v) is 4.27. The highest BCUT2D eigenvalue weighted by Gasteiger charge is 2.41. The molecule has 0 aromatic heterocycles. The molecule has 2 aliphatic heterocycles. The number of fused-ring (bicyclic) bond motifs is 3. The Labute approximate surface area is 180 Å². The number of rotatable bonds is 4. The number of ether oxygens (including phenoxy) is 3. The minimum Gasteiger partial charge on any atom is -0.493 e. The molecular weight excluding hydrogens is 400 g/mol. The van der Waals surface area contributed by atoms with E-state index in [1.54, 1.807) is 14.2 Å². The quantitative estimate of drug-likeness (QED) is 0.551. The van der Waals surface area contributed by atoms with Gasteiger partial charge in [-0.3, -0.25) is 0 Å². The molecule has 0 saturated carbocycles.